The maximum Gasteiger partial charge on any atom is 0.274 e. The predicted molar refractivity (Wildman–Crippen MR) is 110 cm³/mol. The minimum Gasteiger partial charge on any atom is -0.482 e. The number of hydrogen-bond donors (Lipinski definition) is 0. The summed E-state index contributed by atoms with van der Waals surface area (Å²) in [4.78, 5) is 28.7. The lowest BCUT2D eigenvalue weighted by Crippen LogP contribution is -2.51. The monoisotopic (exact) mass is 436 g/mol. The van der Waals surface area contributed by atoms with Crippen LogP contribution in [-0.4, -0.2) is 64.2 Å². The molecule has 0 N–H and O–H groups in total. The van der Waals surface area contributed by atoms with Gasteiger partial charge in [-0.2, -0.15) is 5.10 Å². The lowest BCUT2D eigenvalue weighted by atomic mass is 10.1. The molecule has 0 saturated carbocycles. The van der Waals surface area contributed by atoms with Crippen molar-refractivity contribution < 1.29 is 14.3 Å². The molecule has 2 aliphatic heterocycles. The number of piperazine rings is 1. The van der Waals surface area contributed by atoms with Crippen LogP contribution in [0.3, 0.4) is 0 Å². The van der Waals surface area contributed by atoms with Crippen LogP contribution >= 0.6 is 23.2 Å². The number of aryl methyl sites for hydroxylation is 2. The molecule has 2 amide bonds. The zero-order chi connectivity index (χ0) is 20.4. The Bertz CT molecular complexity index is 899. The van der Waals surface area contributed by atoms with Gasteiger partial charge >= 0.3 is 0 Å². The first-order valence-electron chi connectivity index (χ1n) is 9.73. The molecule has 1 aromatic carbocycles. The molecule has 2 aromatic rings. The minimum atomic E-state index is -0.138. The van der Waals surface area contributed by atoms with Crippen molar-refractivity contribution in [3.8, 4) is 5.75 Å². The Kier molecular flexibility index (Phi) is 5.96. The molecule has 1 aromatic heterocycles. The number of nitrogens with zero attached hydrogens (tertiary/aromatic N) is 4. The van der Waals surface area contributed by atoms with Crippen molar-refractivity contribution in [2.24, 2.45) is 0 Å². The van der Waals surface area contributed by atoms with Gasteiger partial charge in [-0.1, -0.05) is 23.2 Å². The van der Waals surface area contributed by atoms with Gasteiger partial charge in [-0.05, 0) is 43.5 Å². The molecule has 0 bridgehead atoms. The van der Waals surface area contributed by atoms with Crippen LogP contribution in [0.25, 0.3) is 0 Å². The van der Waals surface area contributed by atoms with E-state index in [4.69, 9.17) is 27.9 Å². The van der Waals surface area contributed by atoms with Gasteiger partial charge in [0.25, 0.3) is 11.8 Å². The molecule has 154 valence electrons. The SMILES string of the molecule is O=C(COc1ccc(Cl)cc1Cl)N1CCN(C(=O)c2cc3n(n2)CCCC3)CC1. The maximum atomic E-state index is 12.8. The number of amides is 2. The van der Waals surface area contributed by atoms with Crippen LogP contribution in [-0.2, 0) is 17.8 Å². The largest absolute Gasteiger partial charge is 0.482 e. The molecule has 1 fully saturated rings. The highest BCUT2D eigenvalue weighted by Gasteiger charge is 2.27. The Morgan fingerprint density at radius 1 is 1.00 bits per heavy atom. The zero-order valence-corrected chi connectivity index (χ0v) is 17.5. The summed E-state index contributed by atoms with van der Waals surface area (Å²) in [5.74, 6) is 0.214. The van der Waals surface area contributed by atoms with E-state index in [9.17, 15) is 9.59 Å². The smallest absolute Gasteiger partial charge is 0.274 e. The number of rotatable bonds is 4. The van der Waals surface area contributed by atoms with Crippen molar-refractivity contribution >= 4 is 35.0 Å². The number of ether oxygens (including phenoxy) is 1. The summed E-state index contributed by atoms with van der Waals surface area (Å²) in [5, 5.41) is 5.33. The summed E-state index contributed by atoms with van der Waals surface area (Å²) in [6.45, 7) is 2.67. The Labute approximate surface area is 179 Å². The van der Waals surface area contributed by atoms with E-state index in [1.54, 1.807) is 28.0 Å². The zero-order valence-electron chi connectivity index (χ0n) is 15.9. The maximum absolute atomic E-state index is 12.8. The molecule has 29 heavy (non-hydrogen) atoms. The van der Waals surface area contributed by atoms with Crippen LogP contribution in [0.1, 0.15) is 29.0 Å². The molecule has 9 heteroatoms. The molecule has 2 aliphatic rings. The highest BCUT2D eigenvalue weighted by Crippen LogP contribution is 2.27. The predicted octanol–water partition coefficient (Wildman–Crippen LogP) is 2.89. The molecule has 0 spiro atoms. The van der Waals surface area contributed by atoms with Crippen LogP contribution in [0.15, 0.2) is 24.3 Å². The van der Waals surface area contributed by atoms with Crippen molar-refractivity contribution in [3.05, 3.63) is 45.7 Å². The quantitative estimate of drug-likeness (QED) is 0.738. The number of carbonyl (C=O) groups excluding carboxylic acids is 2. The third-order valence-corrected chi connectivity index (χ3v) is 5.83. The molecule has 3 heterocycles. The molecule has 0 radical (unpaired) electrons. The average molecular weight is 437 g/mol. The van der Waals surface area contributed by atoms with Crippen molar-refractivity contribution in [1.82, 2.24) is 19.6 Å². The Morgan fingerprint density at radius 2 is 1.76 bits per heavy atom. The van der Waals surface area contributed by atoms with Crippen molar-refractivity contribution in [3.63, 3.8) is 0 Å². The molecular weight excluding hydrogens is 415 g/mol. The van der Waals surface area contributed by atoms with Crippen molar-refractivity contribution in [2.75, 3.05) is 32.8 Å². The third kappa shape index (κ3) is 4.51. The Hall–Kier alpha value is -2.25. The van der Waals surface area contributed by atoms with E-state index < -0.39 is 0 Å². The van der Waals surface area contributed by atoms with E-state index in [1.807, 2.05) is 10.7 Å². The van der Waals surface area contributed by atoms with Gasteiger partial charge in [0.15, 0.2) is 12.3 Å². The lowest BCUT2D eigenvalue weighted by Gasteiger charge is -2.34. The van der Waals surface area contributed by atoms with Gasteiger partial charge in [-0.15, -0.1) is 0 Å². The number of aromatic nitrogens is 2. The molecule has 0 atom stereocenters. The van der Waals surface area contributed by atoms with E-state index in [1.165, 1.54) is 0 Å². The summed E-state index contributed by atoms with van der Waals surface area (Å²) in [7, 11) is 0. The third-order valence-electron chi connectivity index (χ3n) is 5.30. The summed E-state index contributed by atoms with van der Waals surface area (Å²) in [6.07, 6.45) is 3.22. The second kappa shape index (κ2) is 8.63. The van der Waals surface area contributed by atoms with Gasteiger partial charge in [0.1, 0.15) is 5.75 Å². The standard InChI is InChI=1S/C20H22Cl2N4O3/c21-14-4-5-18(16(22)11-14)29-13-19(27)24-7-9-25(10-8-24)20(28)17-12-15-3-1-2-6-26(15)23-17/h4-5,11-12H,1-3,6-10,13H2. The van der Waals surface area contributed by atoms with E-state index in [2.05, 4.69) is 5.10 Å². The second-order valence-electron chi connectivity index (χ2n) is 7.24. The molecule has 0 aliphatic carbocycles. The van der Waals surface area contributed by atoms with Gasteiger partial charge in [-0.25, -0.2) is 0 Å². The summed E-state index contributed by atoms with van der Waals surface area (Å²) in [5.41, 5.74) is 1.63. The topological polar surface area (TPSA) is 67.7 Å². The molecule has 1 saturated heterocycles. The highest BCUT2D eigenvalue weighted by molar-refractivity contribution is 6.35. The van der Waals surface area contributed by atoms with Crippen LogP contribution in [0, 0.1) is 0 Å². The number of fused-ring (bicyclic) bond motifs is 1. The number of hydrogen-bond acceptors (Lipinski definition) is 4. The summed E-state index contributed by atoms with van der Waals surface area (Å²) in [6, 6.07) is 6.77. The van der Waals surface area contributed by atoms with E-state index in [0.717, 1.165) is 31.5 Å². The molecule has 0 unspecified atom stereocenters. The molecule has 7 nitrogen and oxygen atoms in total. The first-order chi connectivity index (χ1) is 14.0. The fourth-order valence-electron chi connectivity index (χ4n) is 3.67. The fourth-order valence-corrected chi connectivity index (χ4v) is 4.13. The van der Waals surface area contributed by atoms with E-state index in [-0.39, 0.29) is 18.4 Å². The van der Waals surface area contributed by atoms with Crippen LogP contribution in [0.4, 0.5) is 0 Å². The molecule has 4 rings (SSSR count). The normalized spacial score (nSPS) is 16.5. The van der Waals surface area contributed by atoms with Crippen LogP contribution in [0.2, 0.25) is 10.0 Å². The van der Waals surface area contributed by atoms with E-state index >= 15 is 0 Å². The molecular formula is C20H22Cl2N4O3. The van der Waals surface area contributed by atoms with Gasteiger partial charge in [0.2, 0.25) is 0 Å². The fraction of sp³-hybridized carbons (Fsp3) is 0.450. The first kappa shape index (κ1) is 20.0. The highest BCUT2D eigenvalue weighted by atomic mass is 35.5. The van der Waals surface area contributed by atoms with Crippen molar-refractivity contribution in [2.45, 2.75) is 25.8 Å². The van der Waals surface area contributed by atoms with Gasteiger partial charge < -0.3 is 14.5 Å². The Balaban J connectivity index is 1.29. The van der Waals surface area contributed by atoms with Crippen LogP contribution < -0.4 is 4.74 Å². The van der Waals surface area contributed by atoms with Gasteiger partial charge in [0.05, 0.1) is 5.02 Å². The summed E-state index contributed by atoms with van der Waals surface area (Å²) >= 11 is 11.9. The Morgan fingerprint density at radius 3 is 2.48 bits per heavy atom. The average Bonchev–Trinajstić information content (AvgIpc) is 3.17. The lowest BCUT2D eigenvalue weighted by molar-refractivity contribution is -0.134. The number of carbonyl (C=O) groups is 2. The second-order valence-corrected chi connectivity index (χ2v) is 8.08. The van der Waals surface area contributed by atoms with Crippen LogP contribution in [0.5, 0.6) is 5.75 Å². The van der Waals surface area contributed by atoms with Gasteiger partial charge in [0, 0.05) is 43.4 Å². The van der Waals surface area contributed by atoms with Gasteiger partial charge in [-0.3, -0.25) is 14.3 Å². The van der Waals surface area contributed by atoms with E-state index in [0.29, 0.717) is 47.7 Å². The summed E-state index contributed by atoms with van der Waals surface area (Å²) < 4.78 is 7.46. The number of benzene rings is 1. The minimum absolute atomic E-state index is 0.0665. The number of halogens is 2. The first-order valence-corrected chi connectivity index (χ1v) is 10.5. The van der Waals surface area contributed by atoms with Crippen molar-refractivity contribution in [1.29, 1.82) is 0 Å².